The van der Waals surface area contributed by atoms with Crippen LogP contribution in [0.15, 0.2) is 12.2 Å². The second-order valence-corrected chi connectivity index (χ2v) is 12.5. The summed E-state index contributed by atoms with van der Waals surface area (Å²) in [6, 6.07) is 0. The Hall–Kier alpha value is -1.85. The maximum Gasteiger partial charge on any atom is 0.305 e. The van der Waals surface area contributed by atoms with Crippen molar-refractivity contribution in [1.82, 2.24) is 0 Å². The Morgan fingerprint density at radius 1 is 0.972 bits per heavy atom. The van der Waals surface area contributed by atoms with Crippen LogP contribution < -0.4 is 0 Å². The average Bonchev–Trinajstić information content (AvgIpc) is 3.16. The lowest BCUT2D eigenvalue weighted by Crippen LogP contribution is -2.58. The molecule has 0 unspecified atom stereocenters. The number of esters is 3. The first-order valence-corrected chi connectivity index (χ1v) is 14.2. The van der Waals surface area contributed by atoms with Crippen LogP contribution in [0.2, 0.25) is 0 Å². The number of rotatable bonds is 7. The molecule has 0 saturated heterocycles. The molecule has 10 atom stereocenters. The Kier molecular flexibility index (Phi) is 7.92. The van der Waals surface area contributed by atoms with Crippen LogP contribution in [0.1, 0.15) is 92.9 Å². The zero-order chi connectivity index (χ0) is 26.3. The molecule has 4 aliphatic carbocycles. The summed E-state index contributed by atoms with van der Waals surface area (Å²) in [7, 11) is 0. The number of hydrogen-bond acceptors (Lipinski definition) is 6. The van der Waals surface area contributed by atoms with Gasteiger partial charge in [0.2, 0.25) is 0 Å². The number of hydrogen-bond donors (Lipinski definition) is 0. The highest BCUT2D eigenvalue weighted by molar-refractivity contribution is 5.69. The molecule has 202 valence electrons. The van der Waals surface area contributed by atoms with Crippen molar-refractivity contribution in [2.75, 3.05) is 6.61 Å². The molecule has 6 heteroatoms. The molecule has 3 saturated carbocycles. The number of allylic oxidation sites excluding steroid dienone is 2. The highest BCUT2D eigenvalue weighted by Crippen LogP contribution is 2.67. The molecule has 0 radical (unpaired) electrons. The third kappa shape index (κ3) is 4.86. The zero-order valence-corrected chi connectivity index (χ0v) is 23.1. The first-order valence-electron chi connectivity index (χ1n) is 14.2. The predicted octanol–water partition coefficient (Wildman–Crippen LogP) is 5.87. The van der Waals surface area contributed by atoms with Gasteiger partial charge in [-0.25, -0.2) is 0 Å². The number of fused-ring (bicyclic) bond motifs is 5. The van der Waals surface area contributed by atoms with Gasteiger partial charge in [-0.1, -0.05) is 32.9 Å². The van der Waals surface area contributed by atoms with Gasteiger partial charge in [-0.05, 0) is 92.8 Å². The van der Waals surface area contributed by atoms with E-state index < -0.39 is 0 Å². The number of carbonyl (C=O) groups is 3. The minimum absolute atomic E-state index is 0.00370. The van der Waals surface area contributed by atoms with E-state index in [0.717, 1.165) is 44.9 Å². The van der Waals surface area contributed by atoms with Gasteiger partial charge in [0.25, 0.3) is 0 Å². The monoisotopic (exact) mass is 502 g/mol. The summed E-state index contributed by atoms with van der Waals surface area (Å²) in [5.74, 6) is 1.99. The van der Waals surface area contributed by atoms with Crippen molar-refractivity contribution >= 4 is 17.9 Å². The summed E-state index contributed by atoms with van der Waals surface area (Å²) in [5, 5.41) is 0. The summed E-state index contributed by atoms with van der Waals surface area (Å²) < 4.78 is 17.0. The largest absolute Gasteiger partial charge is 0.466 e. The molecule has 0 spiro atoms. The first kappa shape index (κ1) is 27.2. The molecule has 4 rings (SSSR count). The van der Waals surface area contributed by atoms with E-state index in [2.05, 4.69) is 32.9 Å². The standard InChI is InChI=1S/C30H46O6/c1-7-34-28(33)13-8-18(2)24-11-12-25-23-10-9-21-16-22(35-19(3)31)14-15-29(21,5)26(23)17-27(30(24,25)6)36-20(4)32/h9-10,18,21-27H,7-8,11-17H2,1-6H3/t18-,21-,22+,23-,24-,25+,26-,27+,29+,30-/m1/s1. The minimum atomic E-state index is -0.199. The van der Waals surface area contributed by atoms with Crippen LogP contribution in [-0.2, 0) is 28.6 Å². The fourth-order valence-corrected chi connectivity index (χ4v) is 8.98. The molecule has 0 aromatic rings. The van der Waals surface area contributed by atoms with Gasteiger partial charge in [0, 0.05) is 25.7 Å². The smallest absolute Gasteiger partial charge is 0.305 e. The molecule has 6 nitrogen and oxygen atoms in total. The van der Waals surface area contributed by atoms with Gasteiger partial charge in [-0.15, -0.1) is 0 Å². The summed E-state index contributed by atoms with van der Waals surface area (Å²) in [6.45, 7) is 12.3. The number of ether oxygens (including phenoxy) is 3. The van der Waals surface area contributed by atoms with Crippen molar-refractivity contribution in [2.45, 2.75) is 105 Å². The Morgan fingerprint density at radius 2 is 1.69 bits per heavy atom. The molecule has 0 heterocycles. The van der Waals surface area contributed by atoms with Crippen molar-refractivity contribution in [3.8, 4) is 0 Å². The van der Waals surface area contributed by atoms with E-state index in [1.807, 2.05) is 6.92 Å². The van der Waals surface area contributed by atoms with Crippen LogP contribution >= 0.6 is 0 Å². The van der Waals surface area contributed by atoms with Crippen LogP contribution in [0.25, 0.3) is 0 Å². The van der Waals surface area contributed by atoms with E-state index >= 15 is 0 Å². The lowest BCUT2D eigenvalue weighted by Gasteiger charge is -2.61. The Bertz CT molecular complexity index is 881. The molecule has 3 fully saturated rings. The van der Waals surface area contributed by atoms with E-state index in [1.54, 1.807) is 0 Å². The molecule has 0 bridgehead atoms. The summed E-state index contributed by atoms with van der Waals surface area (Å²) >= 11 is 0. The Morgan fingerprint density at radius 3 is 2.36 bits per heavy atom. The fraction of sp³-hybridized carbons (Fsp3) is 0.833. The molecule has 0 aliphatic heterocycles. The summed E-state index contributed by atoms with van der Waals surface area (Å²) in [4.78, 5) is 35.9. The summed E-state index contributed by atoms with van der Waals surface area (Å²) in [6.07, 6.45) is 11.9. The van der Waals surface area contributed by atoms with Crippen molar-refractivity contribution in [3.05, 3.63) is 12.2 Å². The van der Waals surface area contributed by atoms with Gasteiger partial charge in [-0.2, -0.15) is 0 Å². The predicted molar refractivity (Wildman–Crippen MR) is 137 cm³/mol. The Balaban J connectivity index is 1.59. The minimum Gasteiger partial charge on any atom is -0.466 e. The van der Waals surface area contributed by atoms with E-state index in [0.29, 0.717) is 48.5 Å². The molecule has 4 aliphatic rings. The van der Waals surface area contributed by atoms with Gasteiger partial charge in [-0.3, -0.25) is 14.4 Å². The fourth-order valence-electron chi connectivity index (χ4n) is 8.98. The van der Waals surface area contributed by atoms with Crippen LogP contribution in [0.4, 0.5) is 0 Å². The topological polar surface area (TPSA) is 78.9 Å². The maximum atomic E-state index is 12.3. The third-order valence-corrected chi connectivity index (χ3v) is 10.7. The van der Waals surface area contributed by atoms with E-state index in [-0.39, 0.29) is 40.9 Å². The van der Waals surface area contributed by atoms with Crippen molar-refractivity contribution in [3.63, 3.8) is 0 Å². The molecule has 0 aromatic carbocycles. The molecular weight excluding hydrogens is 456 g/mol. The van der Waals surface area contributed by atoms with Gasteiger partial charge in [0.15, 0.2) is 0 Å². The molecule has 0 amide bonds. The van der Waals surface area contributed by atoms with Gasteiger partial charge in [0.1, 0.15) is 12.2 Å². The maximum absolute atomic E-state index is 12.3. The van der Waals surface area contributed by atoms with E-state index in [9.17, 15) is 14.4 Å². The Labute approximate surface area is 216 Å². The van der Waals surface area contributed by atoms with Gasteiger partial charge in [0.05, 0.1) is 6.61 Å². The lowest BCUT2D eigenvalue weighted by molar-refractivity contribution is -0.183. The van der Waals surface area contributed by atoms with Crippen LogP contribution in [0.3, 0.4) is 0 Å². The normalized spacial score (nSPS) is 41.9. The molecule has 36 heavy (non-hydrogen) atoms. The third-order valence-electron chi connectivity index (χ3n) is 10.7. The van der Waals surface area contributed by atoms with Crippen LogP contribution in [0, 0.1) is 46.3 Å². The lowest BCUT2D eigenvalue weighted by atomic mass is 9.45. The van der Waals surface area contributed by atoms with Crippen molar-refractivity contribution in [2.24, 2.45) is 46.3 Å². The van der Waals surface area contributed by atoms with Crippen LogP contribution in [-0.4, -0.2) is 36.7 Å². The van der Waals surface area contributed by atoms with Gasteiger partial charge < -0.3 is 14.2 Å². The molecular formula is C30H46O6. The number of carbonyl (C=O) groups excluding carboxylic acids is 3. The first-order chi connectivity index (χ1) is 17.0. The SMILES string of the molecule is CCOC(=O)CC[C@@H](C)[C@H]1CC[C@H]2[C@H]3C=C[C@@H]4C[C@@H](OC(C)=O)CC[C@]4(C)[C@@H]3C[C@H](OC(C)=O)[C@]12C. The zero-order valence-electron chi connectivity index (χ0n) is 23.1. The summed E-state index contributed by atoms with van der Waals surface area (Å²) in [5.41, 5.74) is 0.00675. The average molecular weight is 503 g/mol. The van der Waals surface area contributed by atoms with Crippen molar-refractivity contribution < 1.29 is 28.6 Å². The van der Waals surface area contributed by atoms with E-state index in [1.165, 1.54) is 13.8 Å². The molecule has 0 N–H and O–H groups in total. The quantitative estimate of drug-likeness (QED) is 0.246. The van der Waals surface area contributed by atoms with Gasteiger partial charge >= 0.3 is 17.9 Å². The highest BCUT2D eigenvalue weighted by Gasteiger charge is 2.64. The van der Waals surface area contributed by atoms with Crippen LogP contribution in [0.5, 0.6) is 0 Å². The van der Waals surface area contributed by atoms with E-state index in [4.69, 9.17) is 14.2 Å². The highest BCUT2D eigenvalue weighted by atomic mass is 16.5. The second-order valence-electron chi connectivity index (χ2n) is 12.5. The molecule has 0 aromatic heterocycles. The van der Waals surface area contributed by atoms with Crippen molar-refractivity contribution in [1.29, 1.82) is 0 Å². The second kappa shape index (κ2) is 10.5.